The Balaban J connectivity index is 2.27. The fraction of sp³-hybridized carbons (Fsp3) is 0.429. The first-order valence-electron chi connectivity index (χ1n) is 7.34. The van der Waals surface area contributed by atoms with E-state index in [1.54, 1.807) is 13.0 Å². The highest BCUT2D eigenvalue weighted by Crippen LogP contribution is 2.44. The summed E-state index contributed by atoms with van der Waals surface area (Å²) >= 11 is 0. The summed E-state index contributed by atoms with van der Waals surface area (Å²) in [5, 5.41) is 6.08. The molecule has 1 N–H and O–H groups in total. The fourth-order valence-electron chi connectivity index (χ4n) is 2.63. The Bertz CT molecular complexity index is 936. The van der Waals surface area contributed by atoms with Crippen molar-refractivity contribution in [2.45, 2.75) is 36.8 Å². The highest BCUT2D eigenvalue weighted by Gasteiger charge is 2.38. The molecule has 0 atom stereocenters. The van der Waals surface area contributed by atoms with E-state index in [2.05, 4.69) is 15.4 Å². The zero-order chi connectivity index (χ0) is 18.6. The molecule has 0 unspecified atom stereocenters. The van der Waals surface area contributed by atoms with Crippen LogP contribution >= 0.6 is 10.7 Å². The summed E-state index contributed by atoms with van der Waals surface area (Å²) in [6.45, 7) is 1.59. The Kier molecular flexibility index (Phi) is 4.23. The van der Waals surface area contributed by atoms with Crippen molar-refractivity contribution >= 4 is 25.7 Å². The van der Waals surface area contributed by atoms with Crippen molar-refractivity contribution in [1.82, 2.24) is 14.8 Å². The van der Waals surface area contributed by atoms with Gasteiger partial charge in [-0.3, -0.25) is 0 Å². The molecule has 1 fully saturated rings. The van der Waals surface area contributed by atoms with Gasteiger partial charge in [0.15, 0.2) is 0 Å². The molecule has 1 aromatic heterocycles. The highest BCUT2D eigenvalue weighted by atomic mass is 35.7. The quantitative estimate of drug-likeness (QED) is 0.804. The van der Waals surface area contributed by atoms with E-state index in [1.807, 2.05) is 0 Å². The lowest BCUT2D eigenvalue weighted by atomic mass is 10.1. The molecule has 3 rings (SSSR count). The lowest BCUT2D eigenvalue weighted by molar-refractivity contribution is -0.144. The van der Waals surface area contributed by atoms with Crippen molar-refractivity contribution in [2.75, 3.05) is 12.4 Å². The number of nitrogens with zero attached hydrogens (tertiary/aromatic N) is 3. The molecule has 6 nitrogen and oxygen atoms in total. The maximum absolute atomic E-state index is 13.0. The molecule has 0 aliphatic heterocycles. The van der Waals surface area contributed by atoms with Gasteiger partial charge in [-0.1, -0.05) is 6.07 Å². The van der Waals surface area contributed by atoms with Crippen LogP contribution in [0.25, 0.3) is 5.69 Å². The van der Waals surface area contributed by atoms with E-state index in [9.17, 15) is 21.6 Å². The van der Waals surface area contributed by atoms with Crippen molar-refractivity contribution in [3.05, 3.63) is 29.1 Å². The molecular formula is C14H14ClF3N4O2S. The van der Waals surface area contributed by atoms with E-state index in [1.165, 1.54) is 13.1 Å². The number of halogens is 4. The number of hydrogen-bond acceptors (Lipinski definition) is 5. The molecule has 1 saturated carbocycles. The van der Waals surface area contributed by atoms with Crippen LogP contribution in [0.1, 0.15) is 35.7 Å². The number of aromatic nitrogens is 3. The van der Waals surface area contributed by atoms with Crippen LogP contribution in [0.3, 0.4) is 0 Å². The Hall–Kier alpha value is -1.81. The minimum atomic E-state index is -4.72. The molecule has 0 amide bonds. The second kappa shape index (κ2) is 5.87. The van der Waals surface area contributed by atoms with Gasteiger partial charge in [0.2, 0.25) is 5.95 Å². The number of nitrogens with one attached hydrogen (secondary N) is 1. The predicted molar refractivity (Wildman–Crippen MR) is 85.7 cm³/mol. The molecular weight excluding hydrogens is 381 g/mol. The van der Waals surface area contributed by atoms with Gasteiger partial charge in [-0.25, -0.2) is 8.42 Å². The van der Waals surface area contributed by atoms with Crippen LogP contribution in [0.4, 0.5) is 19.1 Å². The van der Waals surface area contributed by atoms with Crippen molar-refractivity contribution in [3.8, 4) is 5.69 Å². The van der Waals surface area contributed by atoms with E-state index in [0.717, 1.165) is 23.1 Å². The number of rotatable bonds is 4. The summed E-state index contributed by atoms with van der Waals surface area (Å²) in [5.74, 6) is -1.31. The van der Waals surface area contributed by atoms with Gasteiger partial charge in [0.1, 0.15) is 0 Å². The van der Waals surface area contributed by atoms with Crippen molar-refractivity contribution in [3.63, 3.8) is 0 Å². The molecule has 25 heavy (non-hydrogen) atoms. The van der Waals surface area contributed by atoms with Crippen LogP contribution in [0.15, 0.2) is 17.0 Å². The lowest BCUT2D eigenvalue weighted by Crippen LogP contribution is -2.10. The topological polar surface area (TPSA) is 76.9 Å². The first-order chi connectivity index (χ1) is 11.5. The third-order valence-electron chi connectivity index (χ3n) is 3.92. The molecule has 11 heteroatoms. The molecule has 136 valence electrons. The average Bonchev–Trinajstić information content (AvgIpc) is 3.23. The molecule has 0 radical (unpaired) electrons. The number of benzene rings is 1. The Labute approximate surface area is 146 Å². The van der Waals surface area contributed by atoms with Crippen LogP contribution in [-0.2, 0) is 15.2 Å². The van der Waals surface area contributed by atoms with Gasteiger partial charge in [0.25, 0.3) is 14.9 Å². The summed E-state index contributed by atoms with van der Waals surface area (Å²) in [7, 11) is 2.80. The Morgan fingerprint density at radius 3 is 2.44 bits per heavy atom. The first kappa shape index (κ1) is 18.0. The number of aryl methyl sites for hydroxylation is 1. The van der Waals surface area contributed by atoms with Gasteiger partial charge in [0, 0.05) is 17.7 Å². The molecule has 2 aromatic rings. The molecule has 1 aromatic carbocycles. The second-order valence-corrected chi connectivity index (χ2v) is 8.34. The molecule has 0 bridgehead atoms. The summed E-state index contributed by atoms with van der Waals surface area (Å²) in [6.07, 6.45) is -2.98. The van der Waals surface area contributed by atoms with Gasteiger partial charge >= 0.3 is 6.18 Å². The first-order valence-corrected chi connectivity index (χ1v) is 9.65. The van der Waals surface area contributed by atoms with E-state index < -0.39 is 21.1 Å². The van der Waals surface area contributed by atoms with E-state index in [0.29, 0.717) is 5.56 Å². The molecule has 0 saturated heterocycles. The monoisotopic (exact) mass is 394 g/mol. The molecule has 1 aliphatic rings. The third-order valence-corrected chi connectivity index (χ3v) is 5.38. The van der Waals surface area contributed by atoms with Gasteiger partial charge < -0.3 is 5.32 Å². The van der Waals surface area contributed by atoms with Gasteiger partial charge in [-0.15, -0.1) is 5.10 Å². The smallest absolute Gasteiger partial charge is 0.357 e. The zero-order valence-electron chi connectivity index (χ0n) is 13.2. The van der Waals surface area contributed by atoms with Crippen LogP contribution in [-0.4, -0.2) is 30.2 Å². The Morgan fingerprint density at radius 1 is 1.32 bits per heavy atom. The Morgan fingerprint density at radius 2 is 1.96 bits per heavy atom. The van der Waals surface area contributed by atoms with Gasteiger partial charge in [-0.2, -0.15) is 22.8 Å². The molecule has 1 aliphatic carbocycles. The van der Waals surface area contributed by atoms with Gasteiger partial charge in [0.05, 0.1) is 10.6 Å². The molecule has 1 heterocycles. The number of hydrogen-bond donors (Lipinski definition) is 1. The largest absolute Gasteiger partial charge is 0.453 e. The van der Waals surface area contributed by atoms with Crippen molar-refractivity contribution in [1.29, 1.82) is 0 Å². The predicted octanol–water partition coefficient (Wildman–Crippen LogP) is 3.44. The van der Waals surface area contributed by atoms with E-state index in [4.69, 9.17) is 10.7 Å². The summed E-state index contributed by atoms with van der Waals surface area (Å²) in [5.41, 5.74) is 1.37. The SMILES string of the molecule is CNc1nc(C(F)(F)F)nn1-c1cc(S(=O)(=O)Cl)c(C)cc1C1CC1. The zero-order valence-corrected chi connectivity index (χ0v) is 14.8. The van der Waals surface area contributed by atoms with Crippen LogP contribution in [0, 0.1) is 6.92 Å². The summed E-state index contributed by atoms with van der Waals surface area (Å²) < 4.78 is 63.4. The second-order valence-electron chi connectivity index (χ2n) is 5.81. The summed E-state index contributed by atoms with van der Waals surface area (Å²) in [6, 6.07) is 2.89. The highest BCUT2D eigenvalue weighted by molar-refractivity contribution is 8.13. The van der Waals surface area contributed by atoms with Crippen LogP contribution in [0.2, 0.25) is 0 Å². The maximum atomic E-state index is 13.0. The standard InChI is InChI=1S/C14H14ClF3N4O2S/c1-7-5-9(8-3-4-8)10(6-11(7)25(15,23)24)22-13(19-2)20-12(21-22)14(16,17)18/h5-6,8H,3-4H2,1-2H3,(H,19,20,21). The number of alkyl halides is 3. The lowest BCUT2D eigenvalue weighted by Gasteiger charge is -2.14. The van der Waals surface area contributed by atoms with Crippen LogP contribution in [0.5, 0.6) is 0 Å². The maximum Gasteiger partial charge on any atom is 0.453 e. The van der Waals surface area contributed by atoms with Gasteiger partial charge in [-0.05, 0) is 42.9 Å². The van der Waals surface area contributed by atoms with E-state index >= 15 is 0 Å². The van der Waals surface area contributed by atoms with Crippen molar-refractivity contribution < 1.29 is 21.6 Å². The molecule has 0 spiro atoms. The van der Waals surface area contributed by atoms with Crippen molar-refractivity contribution in [2.24, 2.45) is 0 Å². The normalized spacial score (nSPS) is 15.4. The minimum absolute atomic E-state index is 0.143. The fourth-order valence-corrected chi connectivity index (χ4v) is 3.82. The number of anilines is 1. The van der Waals surface area contributed by atoms with E-state index in [-0.39, 0.29) is 22.4 Å². The third kappa shape index (κ3) is 3.45. The summed E-state index contributed by atoms with van der Waals surface area (Å²) in [4.78, 5) is 3.28. The average molecular weight is 395 g/mol. The van der Waals surface area contributed by atoms with Crippen LogP contribution < -0.4 is 5.32 Å². The minimum Gasteiger partial charge on any atom is -0.357 e.